The molecule has 0 unspecified atom stereocenters. The van der Waals surface area contributed by atoms with Crippen molar-refractivity contribution in [1.82, 2.24) is 10.2 Å². The predicted octanol–water partition coefficient (Wildman–Crippen LogP) is 2.49. The van der Waals surface area contributed by atoms with Gasteiger partial charge in [0.25, 0.3) is 0 Å². The van der Waals surface area contributed by atoms with Gasteiger partial charge in [-0.15, -0.1) is 0 Å². The second-order valence-corrected chi connectivity index (χ2v) is 6.01. The molecule has 1 aromatic rings. The topological polar surface area (TPSA) is 32.3 Å². The van der Waals surface area contributed by atoms with Gasteiger partial charge in [0.2, 0.25) is 5.91 Å². The molecule has 2 aliphatic rings. The first kappa shape index (κ1) is 13.6. The second-order valence-electron chi connectivity index (χ2n) is 6.01. The minimum atomic E-state index is -0.231. The lowest BCUT2D eigenvalue weighted by molar-refractivity contribution is -0.131. The van der Waals surface area contributed by atoms with Gasteiger partial charge in [-0.1, -0.05) is 19.1 Å². The minimum absolute atomic E-state index is 0.0132. The van der Waals surface area contributed by atoms with Gasteiger partial charge in [-0.25, -0.2) is 4.39 Å². The van der Waals surface area contributed by atoms with Gasteiger partial charge in [0.15, 0.2) is 0 Å². The van der Waals surface area contributed by atoms with Crippen molar-refractivity contribution in [3.05, 3.63) is 35.6 Å². The summed E-state index contributed by atoms with van der Waals surface area (Å²) in [6.45, 7) is 3.31. The van der Waals surface area contributed by atoms with E-state index < -0.39 is 0 Å². The average Bonchev–Trinajstić information content (AvgIpc) is 3.17. The van der Waals surface area contributed by atoms with Crippen LogP contribution in [0.1, 0.15) is 37.8 Å². The van der Waals surface area contributed by atoms with E-state index >= 15 is 0 Å². The van der Waals surface area contributed by atoms with Crippen molar-refractivity contribution in [2.75, 3.05) is 13.1 Å². The molecular weight excluding hydrogens is 255 g/mol. The molecule has 1 heterocycles. The number of nitrogens with one attached hydrogen (secondary N) is 1. The molecule has 1 saturated heterocycles. The van der Waals surface area contributed by atoms with Crippen LogP contribution in [0.25, 0.3) is 0 Å². The Bertz CT molecular complexity index is 501. The number of hydrogen-bond acceptors (Lipinski definition) is 2. The van der Waals surface area contributed by atoms with E-state index in [1.807, 2.05) is 11.0 Å². The standard InChI is InChI=1S/C16H21FN2O/c1-11-7-8-19(15(20)10-18-14-5-6-14)16(11)12-3-2-4-13(17)9-12/h2-4,9,11,14,16,18H,5-8,10H2,1H3/t11-,16-/m0/s1. The molecule has 0 bridgehead atoms. The van der Waals surface area contributed by atoms with E-state index in [1.54, 1.807) is 12.1 Å². The molecule has 3 rings (SSSR count). The normalized spacial score (nSPS) is 26.0. The van der Waals surface area contributed by atoms with Gasteiger partial charge in [0.05, 0.1) is 12.6 Å². The van der Waals surface area contributed by atoms with Gasteiger partial charge in [0.1, 0.15) is 5.82 Å². The minimum Gasteiger partial charge on any atom is -0.334 e. The number of carbonyl (C=O) groups is 1. The zero-order valence-electron chi connectivity index (χ0n) is 11.8. The molecule has 108 valence electrons. The summed E-state index contributed by atoms with van der Waals surface area (Å²) in [5, 5.41) is 3.27. The summed E-state index contributed by atoms with van der Waals surface area (Å²) in [6.07, 6.45) is 3.34. The summed E-state index contributed by atoms with van der Waals surface area (Å²) >= 11 is 0. The lowest BCUT2D eigenvalue weighted by atomic mass is 9.95. The number of nitrogens with zero attached hydrogens (tertiary/aromatic N) is 1. The molecule has 20 heavy (non-hydrogen) atoms. The lowest BCUT2D eigenvalue weighted by Gasteiger charge is -2.27. The zero-order valence-corrected chi connectivity index (χ0v) is 11.8. The first-order chi connectivity index (χ1) is 9.65. The van der Waals surface area contributed by atoms with Gasteiger partial charge >= 0.3 is 0 Å². The number of amides is 1. The molecule has 1 amide bonds. The van der Waals surface area contributed by atoms with E-state index in [0.717, 1.165) is 18.5 Å². The van der Waals surface area contributed by atoms with E-state index in [1.165, 1.54) is 18.9 Å². The highest BCUT2D eigenvalue weighted by atomic mass is 19.1. The number of halogens is 1. The summed E-state index contributed by atoms with van der Waals surface area (Å²) in [4.78, 5) is 14.3. The van der Waals surface area contributed by atoms with Crippen LogP contribution in [0.4, 0.5) is 4.39 Å². The number of hydrogen-bond donors (Lipinski definition) is 1. The average molecular weight is 276 g/mol. The fourth-order valence-corrected chi connectivity index (χ4v) is 3.05. The lowest BCUT2D eigenvalue weighted by Crippen LogP contribution is -2.39. The Morgan fingerprint density at radius 2 is 2.20 bits per heavy atom. The van der Waals surface area contributed by atoms with Crippen molar-refractivity contribution in [2.45, 2.75) is 38.3 Å². The number of rotatable bonds is 4. The van der Waals surface area contributed by atoms with Crippen LogP contribution in [0.5, 0.6) is 0 Å². The zero-order chi connectivity index (χ0) is 14.1. The molecule has 2 fully saturated rings. The van der Waals surface area contributed by atoms with Gasteiger partial charge in [-0.05, 0) is 42.9 Å². The van der Waals surface area contributed by atoms with Crippen LogP contribution in [-0.4, -0.2) is 29.9 Å². The molecule has 0 radical (unpaired) electrons. The smallest absolute Gasteiger partial charge is 0.237 e. The van der Waals surface area contributed by atoms with Crippen LogP contribution >= 0.6 is 0 Å². The van der Waals surface area contributed by atoms with Gasteiger partial charge in [0, 0.05) is 12.6 Å². The summed E-state index contributed by atoms with van der Waals surface area (Å²) in [7, 11) is 0. The van der Waals surface area contributed by atoms with Crippen molar-refractivity contribution in [1.29, 1.82) is 0 Å². The molecule has 0 spiro atoms. The van der Waals surface area contributed by atoms with Crippen molar-refractivity contribution in [3.8, 4) is 0 Å². The van der Waals surface area contributed by atoms with Crippen molar-refractivity contribution >= 4 is 5.91 Å². The van der Waals surface area contributed by atoms with Crippen LogP contribution in [0, 0.1) is 11.7 Å². The van der Waals surface area contributed by atoms with E-state index in [-0.39, 0.29) is 17.8 Å². The molecule has 1 aliphatic heterocycles. The van der Waals surface area contributed by atoms with Crippen LogP contribution in [0.2, 0.25) is 0 Å². The number of carbonyl (C=O) groups excluding carboxylic acids is 1. The maximum Gasteiger partial charge on any atom is 0.237 e. The summed E-state index contributed by atoms with van der Waals surface area (Å²) in [5.74, 6) is 0.280. The third-order valence-electron chi connectivity index (χ3n) is 4.33. The Kier molecular flexibility index (Phi) is 3.74. The molecule has 2 atom stereocenters. The monoisotopic (exact) mass is 276 g/mol. The van der Waals surface area contributed by atoms with Crippen molar-refractivity contribution < 1.29 is 9.18 Å². The van der Waals surface area contributed by atoms with Crippen LogP contribution in [0.3, 0.4) is 0 Å². The van der Waals surface area contributed by atoms with E-state index in [9.17, 15) is 9.18 Å². The molecule has 1 aromatic carbocycles. The molecule has 1 N–H and O–H groups in total. The Morgan fingerprint density at radius 1 is 1.40 bits per heavy atom. The largest absolute Gasteiger partial charge is 0.334 e. The molecule has 3 nitrogen and oxygen atoms in total. The van der Waals surface area contributed by atoms with Crippen molar-refractivity contribution in [2.24, 2.45) is 5.92 Å². The molecule has 4 heteroatoms. The van der Waals surface area contributed by atoms with E-state index in [2.05, 4.69) is 12.2 Å². The Morgan fingerprint density at radius 3 is 2.90 bits per heavy atom. The third-order valence-corrected chi connectivity index (χ3v) is 4.33. The highest BCUT2D eigenvalue weighted by Gasteiger charge is 2.35. The maximum atomic E-state index is 13.4. The highest BCUT2D eigenvalue weighted by molar-refractivity contribution is 5.79. The Balaban J connectivity index is 1.73. The van der Waals surface area contributed by atoms with Crippen LogP contribution < -0.4 is 5.32 Å². The quantitative estimate of drug-likeness (QED) is 0.916. The molecule has 1 aliphatic carbocycles. The van der Waals surface area contributed by atoms with Crippen LogP contribution in [0.15, 0.2) is 24.3 Å². The third kappa shape index (κ3) is 2.85. The van der Waals surface area contributed by atoms with Gasteiger partial charge in [-0.3, -0.25) is 4.79 Å². The first-order valence-corrected chi connectivity index (χ1v) is 7.43. The highest BCUT2D eigenvalue weighted by Crippen LogP contribution is 2.37. The molecule has 0 aromatic heterocycles. The predicted molar refractivity (Wildman–Crippen MR) is 75.7 cm³/mol. The summed E-state index contributed by atoms with van der Waals surface area (Å²) in [6, 6.07) is 7.20. The van der Waals surface area contributed by atoms with Crippen LogP contribution in [-0.2, 0) is 4.79 Å². The van der Waals surface area contributed by atoms with E-state index in [0.29, 0.717) is 18.5 Å². The molecular formula is C16H21FN2O. The fourth-order valence-electron chi connectivity index (χ4n) is 3.05. The van der Waals surface area contributed by atoms with Gasteiger partial charge < -0.3 is 10.2 Å². The molecule has 1 saturated carbocycles. The number of benzene rings is 1. The number of likely N-dealkylation sites (tertiary alicyclic amines) is 1. The van der Waals surface area contributed by atoms with Crippen molar-refractivity contribution in [3.63, 3.8) is 0 Å². The summed E-state index contributed by atoms with van der Waals surface area (Å²) in [5.41, 5.74) is 0.912. The van der Waals surface area contributed by atoms with Gasteiger partial charge in [-0.2, -0.15) is 0 Å². The maximum absolute atomic E-state index is 13.4. The van der Waals surface area contributed by atoms with E-state index in [4.69, 9.17) is 0 Å². The Labute approximate surface area is 119 Å². The second kappa shape index (κ2) is 5.52. The first-order valence-electron chi connectivity index (χ1n) is 7.43. The fraction of sp³-hybridized carbons (Fsp3) is 0.562. The SMILES string of the molecule is C[C@H]1CCN(C(=O)CNC2CC2)[C@@H]1c1cccc(F)c1. The Hall–Kier alpha value is -1.42. The summed E-state index contributed by atoms with van der Waals surface area (Å²) < 4.78 is 13.4.